The van der Waals surface area contributed by atoms with E-state index in [4.69, 9.17) is 0 Å². The number of benzene rings is 1. The molecule has 1 aromatic heterocycles. The van der Waals surface area contributed by atoms with Gasteiger partial charge in [-0.1, -0.05) is 24.6 Å². The van der Waals surface area contributed by atoms with Crippen LogP contribution in [-0.2, 0) is 16.0 Å². The third kappa shape index (κ3) is 2.96. The average Bonchev–Trinajstić information content (AvgIpc) is 2.87. The molecule has 122 valence electrons. The van der Waals surface area contributed by atoms with Gasteiger partial charge in [0.25, 0.3) is 0 Å². The fourth-order valence-electron chi connectivity index (χ4n) is 3.35. The number of carboxylic acids is 1. The van der Waals surface area contributed by atoms with Crippen molar-refractivity contribution in [3.63, 3.8) is 0 Å². The van der Waals surface area contributed by atoms with Crippen LogP contribution in [0, 0.1) is 12.3 Å². The predicted octanol–water partition coefficient (Wildman–Crippen LogP) is 2.78. The van der Waals surface area contributed by atoms with Crippen molar-refractivity contribution < 1.29 is 14.7 Å². The molecule has 0 radical (unpaired) electrons. The normalized spacial score (nSPS) is 16.0. The fraction of sp³-hybridized carbons (Fsp3) is 0.444. The number of carbonyl (C=O) groups is 2. The molecule has 2 aromatic rings. The van der Waals surface area contributed by atoms with E-state index in [9.17, 15) is 14.7 Å². The first-order valence-corrected chi connectivity index (χ1v) is 8.07. The SMILES string of the molecule is Cc1cccc2c(CCNC(=O)CC3(C(=O)O)CCC3)c[nH]c12. The molecule has 0 spiro atoms. The third-order valence-electron chi connectivity index (χ3n) is 4.99. The van der Waals surface area contributed by atoms with Gasteiger partial charge in [0.05, 0.1) is 5.41 Å². The lowest BCUT2D eigenvalue weighted by atomic mass is 9.66. The number of aryl methyl sites for hydroxylation is 1. The van der Waals surface area contributed by atoms with Crippen molar-refractivity contribution in [3.05, 3.63) is 35.5 Å². The molecule has 3 N–H and O–H groups in total. The number of nitrogens with one attached hydrogen (secondary N) is 2. The van der Waals surface area contributed by atoms with E-state index in [0.717, 1.165) is 18.4 Å². The summed E-state index contributed by atoms with van der Waals surface area (Å²) in [5.74, 6) is -1.01. The number of aromatic amines is 1. The zero-order valence-electron chi connectivity index (χ0n) is 13.3. The van der Waals surface area contributed by atoms with Crippen LogP contribution in [0.25, 0.3) is 10.9 Å². The molecule has 5 nitrogen and oxygen atoms in total. The number of aliphatic carboxylic acids is 1. The number of aromatic nitrogens is 1. The maximum absolute atomic E-state index is 12.0. The first kappa shape index (κ1) is 15.6. The van der Waals surface area contributed by atoms with Gasteiger partial charge in [0.15, 0.2) is 0 Å². The summed E-state index contributed by atoms with van der Waals surface area (Å²) in [6, 6.07) is 6.17. The lowest BCUT2D eigenvalue weighted by molar-refractivity contribution is -0.157. The number of carbonyl (C=O) groups excluding carboxylic acids is 1. The fourth-order valence-corrected chi connectivity index (χ4v) is 3.35. The first-order chi connectivity index (χ1) is 11.0. The Bertz CT molecular complexity index is 744. The largest absolute Gasteiger partial charge is 0.481 e. The number of carboxylic acid groups (broad SMARTS) is 1. The van der Waals surface area contributed by atoms with Gasteiger partial charge in [-0.3, -0.25) is 9.59 Å². The van der Waals surface area contributed by atoms with Gasteiger partial charge in [0.1, 0.15) is 0 Å². The van der Waals surface area contributed by atoms with Crippen LogP contribution in [0.1, 0.15) is 36.8 Å². The van der Waals surface area contributed by atoms with Crippen LogP contribution in [0.2, 0.25) is 0 Å². The van der Waals surface area contributed by atoms with Gasteiger partial charge in [-0.2, -0.15) is 0 Å². The highest BCUT2D eigenvalue weighted by Crippen LogP contribution is 2.44. The predicted molar refractivity (Wildman–Crippen MR) is 88.3 cm³/mol. The molecule has 5 heteroatoms. The minimum Gasteiger partial charge on any atom is -0.481 e. The smallest absolute Gasteiger partial charge is 0.310 e. The second-order valence-electron chi connectivity index (χ2n) is 6.53. The van der Waals surface area contributed by atoms with Gasteiger partial charge in [-0.15, -0.1) is 0 Å². The van der Waals surface area contributed by atoms with E-state index >= 15 is 0 Å². The Balaban J connectivity index is 1.55. The molecular formula is C18H22N2O3. The number of hydrogen-bond acceptors (Lipinski definition) is 2. The van der Waals surface area contributed by atoms with Crippen LogP contribution in [0.3, 0.4) is 0 Å². The molecule has 3 rings (SSSR count). The summed E-state index contributed by atoms with van der Waals surface area (Å²) in [6.07, 6.45) is 4.92. The van der Waals surface area contributed by atoms with Gasteiger partial charge in [-0.05, 0) is 37.3 Å². The van der Waals surface area contributed by atoms with Crippen molar-refractivity contribution in [2.45, 2.75) is 39.0 Å². The van der Waals surface area contributed by atoms with Crippen LogP contribution in [0.15, 0.2) is 24.4 Å². The summed E-state index contributed by atoms with van der Waals surface area (Å²) < 4.78 is 0. The maximum atomic E-state index is 12.0. The summed E-state index contributed by atoms with van der Waals surface area (Å²) in [7, 11) is 0. The van der Waals surface area contributed by atoms with Gasteiger partial charge < -0.3 is 15.4 Å². The second kappa shape index (κ2) is 6.07. The van der Waals surface area contributed by atoms with E-state index in [2.05, 4.69) is 29.4 Å². The number of fused-ring (bicyclic) bond motifs is 1. The molecule has 1 amide bonds. The van der Waals surface area contributed by atoms with Crippen molar-refractivity contribution in [1.29, 1.82) is 0 Å². The van der Waals surface area contributed by atoms with Gasteiger partial charge in [0.2, 0.25) is 5.91 Å². The Hall–Kier alpha value is -2.30. The highest BCUT2D eigenvalue weighted by molar-refractivity contribution is 5.87. The highest BCUT2D eigenvalue weighted by atomic mass is 16.4. The van der Waals surface area contributed by atoms with E-state index in [-0.39, 0.29) is 12.3 Å². The standard InChI is InChI=1S/C18H22N2O3/c1-12-4-2-5-14-13(11-20-16(12)14)6-9-19-15(21)10-18(17(22)23)7-3-8-18/h2,4-5,11,20H,3,6-10H2,1H3,(H,19,21)(H,22,23). The Kier molecular flexibility index (Phi) is 4.11. The van der Waals surface area contributed by atoms with Crippen LogP contribution in [0.5, 0.6) is 0 Å². The molecule has 0 bridgehead atoms. The Morgan fingerprint density at radius 1 is 1.35 bits per heavy atom. The number of rotatable bonds is 6. The van der Waals surface area contributed by atoms with Gasteiger partial charge >= 0.3 is 5.97 Å². The molecule has 1 heterocycles. The lowest BCUT2D eigenvalue weighted by Gasteiger charge is -2.36. The zero-order valence-corrected chi connectivity index (χ0v) is 13.3. The minimum absolute atomic E-state index is 0.0926. The van der Waals surface area contributed by atoms with E-state index in [0.29, 0.717) is 19.4 Å². The molecule has 1 fully saturated rings. The Labute approximate surface area is 135 Å². The first-order valence-electron chi connectivity index (χ1n) is 8.07. The molecule has 1 aliphatic rings. The lowest BCUT2D eigenvalue weighted by Crippen LogP contribution is -2.42. The van der Waals surface area contributed by atoms with E-state index in [1.165, 1.54) is 16.5 Å². The number of H-pyrrole nitrogens is 1. The number of para-hydroxylation sites is 1. The maximum Gasteiger partial charge on any atom is 0.310 e. The molecule has 1 aromatic carbocycles. The van der Waals surface area contributed by atoms with Crippen molar-refractivity contribution in [2.24, 2.45) is 5.41 Å². The van der Waals surface area contributed by atoms with Crippen molar-refractivity contribution in [1.82, 2.24) is 10.3 Å². The summed E-state index contributed by atoms with van der Waals surface area (Å²) in [4.78, 5) is 26.6. The van der Waals surface area contributed by atoms with Crippen molar-refractivity contribution in [2.75, 3.05) is 6.54 Å². The van der Waals surface area contributed by atoms with Crippen molar-refractivity contribution in [3.8, 4) is 0 Å². The molecule has 0 atom stereocenters. The summed E-state index contributed by atoms with van der Waals surface area (Å²) in [6.45, 7) is 2.59. The topological polar surface area (TPSA) is 82.2 Å². The van der Waals surface area contributed by atoms with Crippen LogP contribution in [0.4, 0.5) is 0 Å². The molecule has 23 heavy (non-hydrogen) atoms. The second-order valence-corrected chi connectivity index (χ2v) is 6.53. The van der Waals surface area contributed by atoms with Gasteiger partial charge in [0, 0.05) is 30.1 Å². The number of amides is 1. The Morgan fingerprint density at radius 2 is 2.13 bits per heavy atom. The van der Waals surface area contributed by atoms with Crippen LogP contribution in [-0.4, -0.2) is 28.5 Å². The number of hydrogen-bond donors (Lipinski definition) is 3. The van der Waals surface area contributed by atoms with E-state index in [1.807, 2.05) is 12.3 Å². The molecule has 0 saturated heterocycles. The summed E-state index contributed by atoms with van der Waals surface area (Å²) in [5, 5.41) is 13.3. The van der Waals surface area contributed by atoms with E-state index < -0.39 is 11.4 Å². The molecule has 1 aliphatic carbocycles. The Morgan fingerprint density at radius 3 is 2.78 bits per heavy atom. The average molecular weight is 314 g/mol. The highest BCUT2D eigenvalue weighted by Gasteiger charge is 2.45. The molecule has 1 saturated carbocycles. The van der Waals surface area contributed by atoms with Crippen molar-refractivity contribution >= 4 is 22.8 Å². The molecular weight excluding hydrogens is 292 g/mol. The summed E-state index contributed by atoms with van der Waals surface area (Å²) in [5.41, 5.74) is 2.68. The van der Waals surface area contributed by atoms with E-state index in [1.54, 1.807) is 0 Å². The van der Waals surface area contributed by atoms with Gasteiger partial charge in [-0.25, -0.2) is 0 Å². The van der Waals surface area contributed by atoms with Crippen LogP contribution >= 0.6 is 0 Å². The summed E-state index contributed by atoms with van der Waals surface area (Å²) >= 11 is 0. The zero-order chi connectivity index (χ0) is 16.4. The van der Waals surface area contributed by atoms with Crippen LogP contribution < -0.4 is 5.32 Å². The molecule has 0 aliphatic heterocycles. The quantitative estimate of drug-likeness (QED) is 0.767. The monoisotopic (exact) mass is 314 g/mol. The third-order valence-corrected chi connectivity index (χ3v) is 4.99. The minimum atomic E-state index is -0.842. The molecule has 0 unspecified atom stereocenters.